The number of ether oxygens (including phenoxy) is 1. The van der Waals surface area contributed by atoms with Gasteiger partial charge in [0.2, 0.25) is 5.88 Å². The number of aryl methyl sites for hydroxylation is 1. The molecule has 0 N–H and O–H groups in total. The van der Waals surface area contributed by atoms with Gasteiger partial charge in [0.15, 0.2) is 0 Å². The topological polar surface area (TPSA) is 47.9 Å². The largest absolute Gasteiger partial charge is 0.437 e. The average Bonchev–Trinajstić information content (AvgIpc) is 2.25. The monoisotopic (exact) mass is 313 g/mol. The van der Waals surface area contributed by atoms with Crippen LogP contribution in [0.1, 0.15) is 11.4 Å². The minimum atomic E-state index is 0.399. The first kappa shape index (κ1) is 12.3. The first-order valence-electron chi connectivity index (χ1n) is 4.85. The summed E-state index contributed by atoms with van der Waals surface area (Å²) >= 11 is 9.28. The number of nitrogens with zero attached hydrogens (tertiary/aromatic N) is 3. The molecule has 0 aliphatic heterocycles. The number of aromatic nitrogens is 3. The zero-order valence-corrected chi connectivity index (χ0v) is 11.6. The van der Waals surface area contributed by atoms with E-state index in [1.807, 2.05) is 6.92 Å². The molecule has 6 heteroatoms. The highest BCUT2D eigenvalue weighted by molar-refractivity contribution is 9.10. The summed E-state index contributed by atoms with van der Waals surface area (Å²) in [4.78, 5) is 12.2. The summed E-state index contributed by atoms with van der Waals surface area (Å²) in [6.07, 6.45) is 3.29. The lowest BCUT2D eigenvalue weighted by atomic mass is 10.3. The molecule has 0 saturated heterocycles. The smallest absolute Gasteiger partial charge is 0.227 e. The minimum Gasteiger partial charge on any atom is -0.437 e. The quantitative estimate of drug-likeness (QED) is 0.793. The Hall–Kier alpha value is -1.20. The number of pyridine rings is 1. The highest BCUT2D eigenvalue weighted by atomic mass is 79.9. The Kier molecular flexibility index (Phi) is 3.59. The van der Waals surface area contributed by atoms with E-state index in [0.29, 0.717) is 28.2 Å². The van der Waals surface area contributed by atoms with E-state index in [-0.39, 0.29) is 0 Å². The van der Waals surface area contributed by atoms with E-state index in [4.69, 9.17) is 16.3 Å². The lowest BCUT2D eigenvalue weighted by Gasteiger charge is -2.08. The molecule has 2 aromatic heterocycles. The zero-order valence-electron chi connectivity index (χ0n) is 9.24. The van der Waals surface area contributed by atoms with Crippen LogP contribution in [-0.4, -0.2) is 15.0 Å². The van der Waals surface area contributed by atoms with Crippen LogP contribution in [0.4, 0.5) is 0 Å². The van der Waals surface area contributed by atoms with Crippen molar-refractivity contribution in [1.29, 1.82) is 0 Å². The lowest BCUT2D eigenvalue weighted by molar-refractivity contribution is 0.453. The number of rotatable bonds is 2. The van der Waals surface area contributed by atoms with Crippen molar-refractivity contribution in [2.45, 2.75) is 13.8 Å². The van der Waals surface area contributed by atoms with Crippen molar-refractivity contribution in [1.82, 2.24) is 15.0 Å². The molecular formula is C11H9BrClN3O. The third kappa shape index (κ3) is 2.92. The van der Waals surface area contributed by atoms with Gasteiger partial charge in [0, 0.05) is 16.2 Å². The van der Waals surface area contributed by atoms with Crippen molar-refractivity contribution in [3.8, 4) is 11.6 Å². The maximum atomic E-state index is 5.96. The molecule has 0 aliphatic carbocycles. The van der Waals surface area contributed by atoms with Crippen LogP contribution in [0.25, 0.3) is 0 Å². The summed E-state index contributed by atoms with van der Waals surface area (Å²) in [5.41, 5.74) is 0.706. The van der Waals surface area contributed by atoms with Crippen LogP contribution in [0, 0.1) is 13.8 Å². The fourth-order valence-electron chi connectivity index (χ4n) is 1.23. The van der Waals surface area contributed by atoms with Gasteiger partial charge in [0.25, 0.3) is 0 Å². The molecular weight excluding hydrogens is 305 g/mol. The summed E-state index contributed by atoms with van der Waals surface area (Å²) in [7, 11) is 0. The van der Waals surface area contributed by atoms with Crippen molar-refractivity contribution in [3.63, 3.8) is 0 Å². The van der Waals surface area contributed by atoms with Gasteiger partial charge in [-0.15, -0.1) is 0 Å². The van der Waals surface area contributed by atoms with Gasteiger partial charge in [-0.1, -0.05) is 11.6 Å². The molecule has 0 aliphatic rings. The molecule has 2 rings (SSSR count). The normalized spacial score (nSPS) is 10.4. The molecule has 0 unspecified atom stereocenters. The Morgan fingerprint density at radius 3 is 2.71 bits per heavy atom. The second kappa shape index (κ2) is 4.98. The third-order valence-electron chi connectivity index (χ3n) is 2.05. The van der Waals surface area contributed by atoms with Gasteiger partial charge >= 0.3 is 0 Å². The predicted molar refractivity (Wildman–Crippen MR) is 68.5 cm³/mol. The number of hydrogen-bond donors (Lipinski definition) is 0. The Bertz CT molecular complexity index is 562. The number of hydrogen-bond acceptors (Lipinski definition) is 4. The molecule has 0 spiro atoms. The molecule has 0 atom stereocenters. The summed E-state index contributed by atoms with van der Waals surface area (Å²) in [6, 6.07) is 1.80. The van der Waals surface area contributed by atoms with Crippen molar-refractivity contribution in [2.24, 2.45) is 0 Å². The van der Waals surface area contributed by atoms with E-state index in [0.717, 1.165) is 4.47 Å². The second-order valence-electron chi connectivity index (χ2n) is 3.43. The van der Waals surface area contributed by atoms with E-state index in [9.17, 15) is 0 Å². The van der Waals surface area contributed by atoms with E-state index < -0.39 is 0 Å². The molecule has 2 aromatic rings. The predicted octanol–water partition coefficient (Wildman–Crippen LogP) is 3.70. The minimum absolute atomic E-state index is 0.399. The van der Waals surface area contributed by atoms with Crippen molar-refractivity contribution < 1.29 is 4.74 Å². The fraction of sp³-hybridized carbons (Fsp3) is 0.182. The van der Waals surface area contributed by atoms with Crippen LogP contribution in [0.5, 0.6) is 11.6 Å². The Labute approximate surface area is 112 Å². The molecule has 0 bridgehead atoms. The molecule has 88 valence electrons. The third-order valence-corrected chi connectivity index (χ3v) is 2.85. The first-order valence-corrected chi connectivity index (χ1v) is 6.02. The van der Waals surface area contributed by atoms with Gasteiger partial charge in [-0.25, -0.2) is 4.98 Å². The van der Waals surface area contributed by atoms with E-state index in [1.165, 1.54) is 0 Å². The van der Waals surface area contributed by atoms with Gasteiger partial charge in [-0.05, 0) is 35.8 Å². The SMILES string of the molecule is Cc1nc(Cl)c(C)c(Oc2cncc(Br)c2)n1. The summed E-state index contributed by atoms with van der Waals surface area (Å²) < 4.78 is 6.46. The molecule has 0 amide bonds. The average molecular weight is 315 g/mol. The summed E-state index contributed by atoms with van der Waals surface area (Å²) in [6.45, 7) is 3.57. The molecule has 17 heavy (non-hydrogen) atoms. The summed E-state index contributed by atoms with van der Waals surface area (Å²) in [5.74, 6) is 1.61. The zero-order chi connectivity index (χ0) is 12.4. The maximum Gasteiger partial charge on any atom is 0.227 e. The van der Waals surface area contributed by atoms with Crippen molar-refractivity contribution >= 4 is 27.5 Å². The molecule has 0 radical (unpaired) electrons. The van der Waals surface area contributed by atoms with Gasteiger partial charge in [0.05, 0.1) is 6.20 Å². The first-order chi connectivity index (χ1) is 8.06. The van der Waals surface area contributed by atoms with Gasteiger partial charge in [-0.2, -0.15) is 4.98 Å². The Balaban J connectivity index is 2.36. The van der Waals surface area contributed by atoms with Crippen LogP contribution >= 0.6 is 27.5 Å². The van der Waals surface area contributed by atoms with E-state index >= 15 is 0 Å². The van der Waals surface area contributed by atoms with Crippen molar-refractivity contribution in [2.75, 3.05) is 0 Å². The van der Waals surface area contributed by atoms with Gasteiger partial charge in [0.1, 0.15) is 16.7 Å². The summed E-state index contributed by atoms with van der Waals surface area (Å²) in [5, 5.41) is 0.399. The van der Waals surface area contributed by atoms with Gasteiger partial charge < -0.3 is 4.74 Å². The highest BCUT2D eigenvalue weighted by Crippen LogP contribution is 2.27. The lowest BCUT2D eigenvalue weighted by Crippen LogP contribution is -1.97. The molecule has 2 heterocycles. The Morgan fingerprint density at radius 2 is 2.00 bits per heavy atom. The standard InChI is InChI=1S/C11H9BrClN3O/c1-6-10(13)15-7(2)16-11(6)17-9-3-8(12)4-14-5-9/h3-5H,1-2H3. The van der Waals surface area contributed by atoms with Gasteiger partial charge in [-0.3, -0.25) is 4.98 Å². The van der Waals surface area contributed by atoms with Crippen LogP contribution in [0.15, 0.2) is 22.9 Å². The van der Waals surface area contributed by atoms with E-state index in [1.54, 1.807) is 25.4 Å². The van der Waals surface area contributed by atoms with Crippen LogP contribution < -0.4 is 4.74 Å². The van der Waals surface area contributed by atoms with Crippen LogP contribution in [0.3, 0.4) is 0 Å². The number of halogens is 2. The second-order valence-corrected chi connectivity index (χ2v) is 4.71. The molecule has 0 saturated carbocycles. The van der Waals surface area contributed by atoms with Crippen LogP contribution in [-0.2, 0) is 0 Å². The van der Waals surface area contributed by atoms with Crippen LogP contribution in [0.2, 0.25) is 5.15 Å². The highest BCUT2D eigenvalue weighted by Gasteiger charge is 2.09. The Morgan fingerprint density at radius 1 is 1.24 bits per heavy atom. The molecule has 4 nitrogen and oxygen atoms in total. The van der Waals surface area contributed by atoms with Crippen molar-refractivity contribution in [3.05, 3.63) is 39.5 Å². The molecule has 0 aromatic carbocycles. The maximum absolute atomic E-state index is 5.96. The molecule has 0 fully saturated rings. The fourth-order valence-corrected chi connectivity index (χ4v) is 1.78. The van der Waals surface area contributed by atoms with E-state index in [2.05, 4.69) is 30.9 Å².